The first-order chi connectivity index (χ1) is 14.4. The van der Waals surface area contributed by atoms with Gasteiger partial charge in [0.15, 0.2) is 0 Å². The number of aromatic carboxylic acids is 1. The average Bonchev–Trinajstić information content (AvgIpc) is 2.72. The van der Waals surface area contributed by atoms with Crippen molar-refractivity contribution >= 4 is 35.0 Å². The van der Waals surface area contributed by atoms with Crippen LogP contribution in [0.25, 0.3) is 0 Å². The number of halogens is 1. The molecule has 1 aliphatic rings. The maximum Gasteiger partial charge on any atom is 0.339 e. The topological polar surface area (TPSA) is 105 Å². The molecule has 0 radical (unpaired) electrons. The Morgan fingerprint density at radius 1 is 1.03 bits per heavy atom. The molecule has 0 saturated carbocycles. The molecule has 1 saturated heterocycles. The van der Waals surface area contributed by atoms with Crippen molar-refractivity contribution in [2.24, 2.45) is 0 Å². The molecule has 1 aliphatic heterocycles. The Kier molecular flexibility index (Phi) is 7.37. The van der Waals surface area contributed by atoms with Crippen LogP contribution in [0.2, 0.25) is 5.02 Å². The molecule has 3 rings (SSSR count). The summed E-state index contributed by atoms with van der Waals surface area (Å²) in [7, 11) is 0. The summed E-state index contributed by atoms with van der Waals surface area (Å²) in [5, 5.41) is 24.7. The number of anilines is 2. The summed E-state index contributed by atoms with van der Waals surface area (Å²) in [4.78, 5) is 27.6. The molecule has 4 N–H and O–H groups in total. The normalized spacial score (nSPS) is 14.4. The Morgan fingerprint density at radius 3 is 2.37 bits per heavy atom. The Morgan fingerprint density at radius 2 is 1.73 bits per heavy atom. The van der Waals surface area contributed by atoms with Gasteiger partial charge in [-0.1, -0.05) is 11.6 Å². The van der Waals surface area contributed by atoms with E-state index in [1.165, 1.54) is 23.9 Å². The van der Waals surface area contributed by atoms with Crippen LogP contribution in [0.15, 0.2) is 42.5 Å². The Hall–Kier alpha value is -2.97. The van der Waals surface area contributed by atoms with Crippen molar-refractivity contribution in [3.63, 3.8) is 0 Å². The van der Waals surface area contributed by atoms with E-state index in [1.807, 2.05) is 24.3 Å². The van der Waals surface area contributed by atoms with Crippen molar-refractivity contribution in [3.8, 4) is 5.75 Å². The maximum absolute atomic E-state index is 12.0. The minimum Gasteiger partial charge on any atom is -0.507 e. The summed E-state index contributed by atoms with van der Waals surface area (Å²) in [6, 6.07) is 11.4. The fraction of sp³-hybridized carbons (Fsp3) is 0.333. The zero-order chi connectivity index (χ0) is 21.5. The van der Waals surface area contributed by atoms with Gasteiger partial charge in [-0.05, 0) is 49.4 Å². The smallest absolute Gasteiger partial charge is 0.339 e. The lowest BCUT2D eigenvalue weighted by molar-refractivity contribution is 0.0693. The first-order valence-electron chi connectivity index (χ1n) is 9.76. The maximum atomic E-state index is 12.0. The SMILES string of the molecule is O=C(NCCCN1CCN(c2ccc(Cl)cc2)CC1)Nc1ccc(C(=O)O)c(O)c1. The molecule has 0 bridgehead atoms. The second kappa shape index (κ2) is 10.2. The number of aromatic hydroxyl groups is 1. The minimum atomic E-state index is -1.22. The van der Waals surface area contributed by atoms with Gasteiger partial charge in [-0.2, -0.15) is 0 Å². The van der Waals surface area contributed by atoms with E-state index in [9.17, 15) is 14.7 Å². The van der Waals surface area contributed by atoms with Crippen molar-refractivity contribution in [1.82, 2.24) is 10.2 Å². The first-order valence-corrected chi connectivity index (χ1v) is 10.1. The Balaban J connectivity index is 1.33. The molecule has 2 aromatic rings. The highest BCUT2D eigenvalue weighted by atomic mass is 35.5. The van der Waals surface area contributed by atoms with E-state index in [2.05, 4.69) is 20.4 Å². The Bertz CT molecular complexity index is 883. The van der Waals surface area contributed by atoms with Gasteiger partial charge in [-0.15, -0.1) is 0 Å². The third-order valence-electron chi connectivity index (χ3n) is 4.99. The van der Waals surface area contributed by atoms with Gasteiger partial charge in [0, 0.05) is 55.2 Å². The van der Waals surface area contributed by atoms with Gasteiger partial charge in [0.25, 0.3) is 0 Å². The highest BCUT2D eigenvalue weighted by Crippen LogP contribution is 2.22. The molecule has 9 heteroatoms. The number of nitrogens with zero attached hydrogens (tertiary/aromatic N) is 2. The van der Waals surface area contributed by atoms with E-state index in [4.69, 9.17) is 16.7 Å². The summed E-state index contributed by atoms with van der Waals surface area (Å²) in [6.07, 6.45) is 0.817. The quantitative estimate of drug-likeness (QED) is 0.501. The highest BCUT2D eigenvalue weighted by Gasteiger charge is 2.17. The molecular weight excluding hydrogens is 408 g/mol. The van der Waals surface area contributed by atoms with Crippen LogP contribution < -0.4 is 15.5 Å². The number of carbonyl (C=O) groups excluding carboxylic acids is 1. The van der Waals surface area contributed by atoms with Gasteiger partial charge < -0.3 is 25.7 Å². The number of phenols is 1. The summed E-state index contributed by atoms with van der Waals surface area (Å²) in [6.45, 7) is 5.23. The molecule has 0 aliphatic carbocycles. The van der Waals surface area contributed by atoms with Crippen LogP contribution in [0.4, 0.5) is 16.2 Å². The van der Waals surface area contributed by atoms with E-state index in [1.54, 1.807) is 0 Å². The van der Waals surface area contributed by atoms with Crippen molar-refractivity contribution in [3.05, 3.63) is 53.1 Å². The largest absolute Gasteiger partial charge is 0.507 e. The third-order valence-corrected chi connectivity index (χ3v) is 5.24. The van der Waals surface area contributed by atoms with Crippen molar-refractivity contribution in [2.75, 3.05) is 49.5 Å². The van der Waals surface area contributed by atoms with E-state index < -0.39 is 17.7 Å². The molecule has 1 fully saturated rings. The molecule has 2 aromatic carbocycles. The van der Waals surface area contributed by atoms with Crippen LogP contribution in [-0.4, -0.2) is 66.4 Å². The lowest BCUT2D eigenvalue weighted by Crippen LogP contribution is -2.47. The van der Waals surface area contributed by atoms with Crippen LogP contribution >= 0.6 is 11.6 Å². The Labute approximate surface area is 180 Å². The average molecular weight is 433 g/mol. The van der Waals surface area contributed by atoms with Crippen molar-refractivity contribution < 1.29 is 19.8 Å². The van der Waals surface area contributed by atoms with Gasteiger partial charge in [0.05, 0.1) is 0 Å². The van der Waals surface area contributed by atoms with Crippen molar-refractivity contribution in [2.45, 2.75) is 6.42 Å². The van der Waals surface area contributed by atoms with Crippen LogP contribution in [0.5, 0.6) is 5.75 Å². The number of benzene rings is 2. The number of carboxylic acids is 1. The second-order valence-electron chi connectivity index (χ2n) is 7.08. The van der Waals surface area contributed by atoms with E-state index in [0.29, 0.717) is 12.2 Å². The number of urea groups is 1. The number of hydrogen-bond donors (Lipinski definition) is 4. The molecule has 1 heterocycles. The summed E-state index contributed by atoms with van der Waals surface area (Å²) in [5.74, 6) is -1.62. The van der Waals surface area contributed by atoms with Gasteiger partial charge >= 0.3 is 12.0 Å². The molecule has 0 atom stereocenters. The van der Waals surface area contributed by atoms with Gasteiger partial charge in [-0.25, -0.2) is 9.59 Å². The number of piperazine rings is 1. The number of carbonyl (C=O) groups is 2. The van der Waals surface area contributed by atoms with E-state index in [0.717, 1.165) is 44.2 Å². The molecule has 8 nitrogen and oxygen atoms in total. The molecule has 2 amide bonds. The van der Waals surface area contributed by atoms with Gasteiger partial charge in [0.1, 0.15) is 11.3 Å². The molecule has 0 aromatic heterocycles. The summed E-state index contributed by atoms with van der Waals surface area (Å²) in [5.41, 5.74) is 1.30. The first kappa shape index (κ1) is 21.7. The lowest BCUT2D eigenvalue weighted by atomic mass is 10.2. The van der Waals surface area contributed by atoms with Gasteiger partial charge in [0.2, 0.25) is 0 Å². The number of carboxylic acid groups (broad SMARTS) is 1. The molecule has 0 unspecified atom stereocenters. The summed E-state index contributed by atoms with van der Waals surface area (Å²) < 4.78 is 0. The fourth-order valence-electron chi connectivity index (χ4n) is 3.35. The monoisotopic (exact) mass is 432 g/mol. The van der Waals surface area contributed by atoms with Crippen LogP contribution in [-0.2, 0) is 0 Å². The standard InChI is InChI=1S/C21H25ClN4O4/c22-15-2-5-17(6-3-15)26-12-10-25(11-13-26)9-1-8-23-21(30)24-16-4-7-18(20(28)29)19(27)14-16/h2-7,14,27H,1,8-13H2,(H,28,29)(H2,23,24,30). The van der Waals surface area contributed by atoms with E-state index >= 15 is 0 Å². The third kappa shape index (κ3) is 6.01. The summed E-state index contributed by atoms with van der Waals surface area (Å²) >= 11 is 5.94. The van der Waals surface area contributed by atoms with Crippen molar-refractivity contribution in [1.29, 1.82) is 0 Å². The zero-order valence-electron chi connectivity index (χ0n) is 16.5. The predicted octanol–water partition coefficient (Wildman–Crippen LogP) is 3.08. The predicted molar refractivity (Wildman–Crippen MR) is 117 cm³/mol. The minimum absolute atomic E-state index is 0.211. The molecule has 30 heavy (non-hydrogen) atoms. The molecular formula is C21H25ClN4O4. The second-order valence-corrected chi connectivity index (χ2v) is 7.51. The number of amides is 2. The molecule has 0 spiro atoms. The number of rotatable bonds is 7. The highest BCUT2D eigenvalue weighted by molar-refractivity contribution is 6.30. The van der Waals surface area contributed by atoms with Crippen LogP contribution in [0.3, 0.4) is 0 Å². The van der Waals surface area contributed by atoms with E-state index in [-0.39, 0.29) is 5.56 Å². The van der Waals surface area contributed by atoms with Gasteiger partial charge in [-0.3, -0.25) is 4.90 Å². The molecule has 160 valence electrons. The number of nitrogens with one attached hydrogen (secondary N) is 2. The zero-order valence-corrected chi connectivity index (χ0v) is 17.2. The number of hydrogen-bond acceptors (Lipinski definition) is 5. The fourth-order valence-corrected chi connectivity index (χ4v) is 3.48. The van der Waals surface area contributed by atoms with Crippen LogP contribution in [0.1, 0.15) is 16.8 Å². The lowest BCUT2D eigenvalue weighted by Gasteiger charge is -2.36. The van der Waals surface area contributed by atoms with Crippen LogP contribution in [0, 0.1) is 0 Å².